The van der Waals surface area contributed by atoms with Crippen molar-refractivity contribution in [3.05, 3.63) is 0 Å². The molecule has 2 N–H and O–H groups in total. The average Bonchev–Trinajstić information content (AvgIpc) is 3.13. The molecule has 1 aliphatic rings. The van der Waals surface area contributed by atoms with Crippen LogP contribution in [-0.2, 0) is 33.3 Å². The van der Waals surface area contributed by atoms with Gasteiger partial charge in [0, 0.05) is 12.8 Å². The minimum Gasteiger partial charge on any atom is -0.479 e. The van der Waals surface area contributed by atoms with Crippen LogP contribution >= 0.6 is 0 Å². The van der Waals surface area contributed by atoms with Crippen molar-refractivity contribution in [2.75, 3.05) is 6.54 Å². The van der Waals surface area contributed by atoms with Gasteiger partial charge >= 0.3 is 24.0 Å². The molecule has 1 heterocycles. The molecule has 0 aliphatic carbocycles. The fraction of sp³-hybridized carbons (Fsp3) is 0.852. The highest BCUT2D eigenvalue weighted by Gasteiger charge is 2.52. The third-order valence-corrected chi connectivity index (χ3v) is 5.90. The van der Waals surface area contributed by atoms with E-state index in [0.29, 0.717) is 12.8 Å². The van der Waals surface area contributed by atoms with Crippen molar-refractivity contribution in [2.24, 2.45) is 0 Å². The van der Waals surface area contributed by atoms with E-state index >= 15 is 0 Å². The van der Waals surface area contributed by atoms with Crippen LogP contribution in [0.2, 0.25) is 0 Å². The van der Waals surface area contributed by atoms with Gasteiger partial charge in [0.15, 0.2) is 18.3 Å². The summed E-state index contributed by atoms with van der Waals surface area (Å²) in [6.07, 6.45) is 3.84. The lowest BCUT2D eigenvalue weighted by Gasteiger charge is -2.25. The smallest absolute Gasteiger partial charge is 0.407 e. The van der Waals surface area contributed by atoms with Crippen LogP contribution in [0, 0.1) is 0 Å². The van der Waals surface area contributed by atoms with Crippen molar-refractivity contribution < 1.29 is 43.2 Å². The zero-order chi connectivity index (χ0) is 27.8. The molecule has 0 spiro atoms. The van der Waals surface area contributed by atoms with Crippen LogP contribution in [0.1, 0.15) is 112 Å². The molecule has 1 rings (SSSR count). The normalized spacial score (nSPS) is 21.3. The molecular formula is C27H47NO9. The van der Waals surface area contributed by atoms with E-state index in [2.05, 4.69) is 19.2 Å². The van der Waals surface area contributed by atoms with Crippen LogP contribution < -0.4 is 5.32 Å². The molecule has 1 saturated heterocycles. The fourth-order valence-electron chi connectivity index (χ4n) is 4.03. The molecule has 1 aliphatic heterocycles. The highest BCUT2D eigenvalue weighted by atomic mass is 16.6. The predicted octanol–water partition coefficient (Wildman–Crippen LogP) is 4.91. The number of alkyl carbamates (subject to hydrolysis) is 1. The summed E-state index contributed by atoms with van der Waals surface area (Å²) in [6.45, 7) is 9.15. The molecule has 37 heavy (non-hydrogen) atoms. The first-order valence-corrected chi connectivity index (χ1v) is 13.7. The number of amides is 1. The number of carboxylic acid groups (broad SMARTS) is 1. The standard InChI is InChI=1S/C27H47NO9/c1-6-8-10-12-14-16-20(29)35-22-19(18-28-26(33)37-27(3,4)5)34-24(25(31)32)23(22)36-21(30)17-15-13-11-9-7-2/h19,22-24H,6-18H2,1-5H3,(H,28,33)(H,31,32)/t19-,22-,23+,24-/m1/s1. The Morgan fingerprint density at radius 1 is 0.784 bits per heavy atom. The third-order valence-electron chi connectivity index (χ3n) is 5.90. The third kappa shape index (κ3) is 13.7. The number of esters is 2. The molecule has 214 valence electrons. The Morgan fingerprint density at radius 2 is 1.27 bits per heavy atom. The van der Waals surface area contributed by atoms with Crippen molar-refractivity contribution in [2.45, 2.75) is 142 Å². The fourth-order valence-corrected chi connectivity index (χ4v) is 4.03. The van der Waals surface area contributed by atoms with Crippen LogP contribution in [0.4, 0.5) is 4.79 Å². The molecule has 0 radical (unpaired) electrons. The Labute approximate surface area is 221 Å². The molecule has 10 heteroatoms. The summed E-state index contributed by atoms with van der Waals surface area (Å²) in [5, 5.41) is 12.3. The first-order valence-electron chi connectivity index (χ1n) is 13.7. The number of unbranched alkanes of at least 4 members (excludes halogenated alkanes) is 8. The van der Waals surface area contributed by atoms with Gasteiger partial charge in [-0.1, -0.05) is 65.2 Å². The van der Waals surface area contributed by atoms with Gasteiger partial charge in [0.05, 0.1) is 6.54 Å². The molecule has 0 aromatic rings. The molecule has 0 aromatic carbocycles. The number of nitrogens with one attached hydrogen (secondary N) is 1. The highest BCUT2D eigenvalue weighted by Crippen LogP contribution is 2.28. The minimum absolute atomic E-state index is 0.130. The largest absolute Gasteiger partial charge is 0.479 e. The van der Waals surface area contributed by atoms with E-state index in [1.807, 2.05) is 0 Å². The minimum atomic E-state index is -1.53. The molecular weight excluding hydrogens is 482 g/mol. The number of rotatable bonds is 17. The molecule has 0 unspecified atom stereocenters. The van der Waals surface area contributed by atoms with E-state index in [1.54, 1.807) is 20.8 Å². The Morgan fingerprint density at radius 3 is 1.73 bits per heavy atom. The Bertz CT molecular complexity index is 719. The van der Waals surface area contributed by atoms with E-state index in [4.69, 9.17) is 18.9 Å². The zero-order valence-corrected chi connectivity index (χ0v) is 23.2. The Kier molecular flexibility index (Phi) is 15.2. The summed E-state index contributed by atoms with van der Waals surface area (Å²) >= 11 is 0. The van der Waals surface area contributed by atoms with Crippen molar-refractivity contribution in [1.29, 1.82) is 0 Å². The van der Waals surface area contributed by atoms with Gasteiger partial charge in [-0.15, -0.1) is 0 Å². The van der Waals surface area contributed by atoms with Gasteiger partial charge in [-0.3, -0.25) is 9.59 Å². The second-order valence-electron chi connectivity index (χ2n) is 10.6. The lowest BCUT2D eigenvalue weighted by atomic mass is 10.1. The SMILES string of the molecule is CCCCCCCC(=O)O[C@H]1[C@H](OC(=O)CCCCCCC)[C@H](C(=O)O)O[C@@H]1CNC(=O)OC(C)(C)C. The molecule has 1 fully saturated rings. The molecule has 1 amide bonds. The molecule has 0 aromatic heterocycles. The van der Waals surface area contributed by atoms with Crippen LogP contribution in [0.15, 0.2) is 0 Å². The number of ether oxygens (including phenoxy) is 4. The van der Waals surface area contributed by atoms with Crippen LogP contribution in [-0.4, -0.2) is 65.7 Å². The van der Waals surface area contributed by atoms with Crippen molar-refractivity contribution in [1.82, 2.24) is 5.32 Å². The topological polar surface area (TPSA) is 137 Å². The zero-order valence-electron chi connectivity index (χ0n) is 23.2. The first kappa shape index (κ1) is 32.7. The van der Waals surface area contributed by atoms with E-state index in [0.717, 1.165) is 51.4 Å². The van der Waals surface area contributed by atoms with Crippen molar-refractivity contribution in [3.8, 4) is 0 Å². The maximum Gasteiger partial charge on any atom is 0.407 e. The van der Waals surface area contributed by atoms with E-state index in [9.17, 15) is 24.3 Å². The van der Waals surface area contributed by atoms with Crippen molar-refractivity contribution in [3.63, 3.8) is 0 Å². The van der Waals surface area contributed by atoms with Gasteiger partial charge in [-0.05, 0) is 33.6 Å². The van der Waals surface area contributed by atoms with Gasteiger partial charge in [-0.25, -0.2) is 9.59 Å². The van der Waals surface area contributed by atoms with Crippen LogP contribution in [0.25, 0.3) is 0 Å². The summed E-state index contributed by atoms with van der Waals surface area (Å²) in [5.41, 5.74) is -0.733. The quantitative estimate of drug-likeness (QED) is 0.153. The van der Waals surface area contributed by atoms with Gasteiger partial charge in [0.2, 0.25) is 0 Å². The molecule has 0 saturated carbocycles. The number of carbonyl (C=O) groups is 4. The number of aliphatic carboxylic acids is 1. The summed E-state index contributed by atoms with van der Waals surface area (Å²) in [5.74, 6) is -2.45. The van der Waals surface area contributed by atoms with Gasteiger partial charge in [0.1, 0.15) is 11.7 Å². The number of carboxylic acids is 1. The maximum atomic E-state index is 12.6. The van der Waals surface area contributed by atoms with Gasteiger partial charge < -0.3 is 29.4 Å². The van der Waals surface area contributed by atoms with E-state index in [-0.39, 0.29) is 19.4 Å². The van der Waals surface area contributed by atoms with Crippen molar-refractivity contribution >= 4 is 24.0 Å². The lowest BCUT2D eigenvalue weighted by molar-refractivity contribution is -0.170. The average molecular weight is 530 g/mol. The predicted molar refractivity (Wildman–Crippen MR) is 137 cm³/mol. The van der Waals surface area contributed by atoms with Crippen LogP contribution in [0.5, 0.6) is 0 Å². The maximum absolute atomic E-state index is 12.6. The molecule has 4 atom stereocenters. The second-order valence-corrected chi connectivity index (χ2v) is 10.6. The van der Waals surface area contributed by atoms with Gasteiger partial charge in [0.25, 0.3) is 0 Å². The number of hydrogen-bond donors (Lipinski definition) is 2. The molecule has 10 nitrogen and oxygen atoms in total. The Balaban J connectivity index is 2.89. The summed E-state index contributed by atoms with van der Waals surface area (Å²) in [7, 11) is 0. The summed E-state index contributed by atoms with van der Waals surface area (Å²) in [4.78, 5) is 49.2. The summed E-state index contributed by atoms with van der Waals surface area (Å²) < 4.78 is 22.0. The van der Waals surface area contributed by atoms with E-state index in [1.165, 1.54) is 0 Å². The lowest BCUT2D eigenvalue weighted by Crippen LogP contribution is -2.45. The molecule has 0 bridgehead atoms. The highest BCUT2D eigenvalue weighted by molar-refractivity contribution is 5.76. The van der Waals surface area contributed by atoms with Crippen LogP contribution in [0.3, 0.4) is 0 Å². The van der Waals surface area contributed by atoms with Gasteiger partial charge in [-0.2, -0.15) is 0 Å². The van der Waals surface area contributed by atoms with E-state index < -0.39 is 54.0 Å². The second kappa shape index (κ2) is 17.2. The number of hydrogen-bond acceptors (Lipinski definition) is 8. The Hall–Kier alpha value is -2.36. The summed E-state index contributed by atoms with van der Waals surface area (Å²) in [6, 6.07) is 0. The monoisotopic (exact) mass is 529 g/mol. The first-order chi connectivity index (χ1) is 17.5. The number of carbonyl (C=O) groups excluding carboxylic acids is 3.